The van der Waals surface area contributed by atoms with Crippen LogP contribution in [0.25, 0.3) is 11.3 Å². The van der Waals surface area contributed by atoms with Crippen molar-refractivity contribution < 1.29 is 0 Å². The Morgan fingerprint density at radius 2 is 1.50 bits per heavy atom. The first kappa shape index (κ1) is 14.2. The lowest BCUT2D eigenvalue weighted by atomic mass is 10.1. The highest BCUT2D eigenvalue weighted by molar-refractivity contribution is 5.63. The van der Waals surface area contributed by atoms with E-state index in [9.17, 15) is 4.79 Å². The van der Waals surface area contributed by atoms with Crippen LogP contribution in [0.4, 0.5) is 0 Å². The van der Waals surface area contributed by atoms with Crippen molar-refractivity contribution in [1.29, 1.82) is 0 Å². The molecule has 0 bridgehead atoms. The van der Waals surface area contributed by atoms with Crippen molar-refractivity contribution in [1.82, 2.24) is 9.47 Å². The van der Waals surface area contributed by atoms with Crippen molar-refractivity contribution >= 4 is 0 Å². The molecule has 1 atom stereocenters. The fraction of sp³-hybridized carbons (Fsp3) is 0.167. The fourth-order valence-electron chi connectivity index (χ4n) is 2.85. The molecule has 1 aromatic heterocycles. The predicted molar refractivity (Wildman–Crippen MR) is 89.3 cm³/mol. The summed E-state index contributed by atoms with van der Waals surface area (Å²) in [5, 5.41) is 0. The van der Waals surface area contributed by atoms with Crippen LogP contribution in [0.2, 0.25) is 0 Å². The van der Waals surface area contributed by atoms with E-state index in [0.717, 1.165) is 16.8 Å². The summed E-state index contributed by atoms with van der Waals surface area (Å²) < 4.78 is 1.86. The summed E-state index contributed by atoms with van der Waals surface area (Å²) in [6, 6.07) is 19.9. The van der Waals surface area contributed by atoms with Crippen LogP contribution in [-0.2, 0) is 0 Å². The van der Waals surface area contributed by atoms with Crippen molar-refractivity contribution in [3.63, 3.8) is 0 Å². The van der Waals surface area contributed by atoms with E-state index in [1.54, 1.807) is 0 Å². The SMILES string of the molecule is Cc1c(-c2ccccc2)n(C(C)c2ccccc2)n(N)c1=O. The van der Waals surface area contributed by atoms with E-state index >= 15 is 0 Å². The Morgan fingerprint density at radius 3 is 2.09 bits per heavy atom. The number of hydrogen-bond donors (Lipinski definition) is 1. The molecule has 0 spiro atoms. The third-order valence-corrected chi connectivity index (χ3v) is 4.04. The maximum atomic E-state index is 12.3. The van der Waals surface area contributed by atoms with Crippen LogP contribution in [0.5, 0.6) is 0 Å². The topological polar surface area (TPSA) is 52.9 Å². The summed E-state index contributed by atoms with van der Waals surface area (Å²) >= 11 is 0. The van der Waals surface area contributed by atoms with Gasteiger partial charge in [0, 0.05) is 11.1 Å². The maximum Gasteiger partial charge on any atom is 0.289 e. The molecule has 0 aliphatic heterocycles. The lowest BCUT2D eigenvalue weighted by molar-refractivity contribution is 0.491. The van der Waals surface area contributed by atoms with Gasteiger partial charge in [-0.25, -0.2) is 0 Å². The molecule has 0 saturated carbocycles. The zero-order valence-electron chi connectivity index (χ0n) is 12.7. The second kappa shape index (κ2) is 5.56. The first-order valence-corrected chi connectivity index (χ1v) is 7.31. The lowest BCUT2D eigenvalue weighted by Gasteiger charge is -2.20. The Hall–Kier alpha value is -2.75. The monoisotopic (exact) mass is 293 g/mol. The van der Waals surface area contributed by atoms with Crippen molar-refractivity contribution in [2.75, 3.05) is 5.84 Å². The number of hydrogen-bond acceptors (Lipinski definition) is 2. The highest BCUT2D eigenvalue weighted by atomic mass is 16.1. The average Bonchev–Trinajstić information content (AvgIpc) is 2.80. The summed E-state index contributed by atoms with van der Waals surface area (Å²) in [5.74, 6) is 6.05. The number of rotatable bonds is 3. The van der Waals surface area contributed by atoms with Gasteiger partial charge in [-0.2, -0.15) is 4.79 Å². The number of nitrogens with zero attached hydrogens (tertiary/aromatic N) is 2. The zero-order valence-corrected chi connectivity index (χ0v) is 12.7. The third-order valence-electron chi connectivity index (χ3n) is 4.04. The molecule has 2 N–H and O–H groups in total. The number of benzene rings is 2. The molecule has 3 aromatic rings. The van der Waals surface area contributed by atoms with Gasteiger partial charge in [0.25, 0.3) is 5.56 Å². The molecule has 0 aliphatic carbocycles. The van der Waals surface area contributed by atoms with Gasteiger partial charge in [0.2, 0.25) is 0 Å². The summed E-state index contributed by atoms with van der Waals surface area (Å²) in [7, 11) is 0. The van der Waals surface area contributed by atoms with Crippen LogP contribution in [0.1, 0.15) is 24.1 Å². The third kappa shape index (κ3) is 2.22. The van der Waals surface area contributed by atoms with E-state index in [1.165, 1.54) is 4.79 Å². The minimum Gasteiger partial charge on any atom is -0.321 e. The molecular weight excluding hydrogens is 274 g/mol. The molecule has 4 nitrogen and oxygen atoms in total. The van der Waals surface area contributed by atoms with Gasteiger partial charge in [-0.15, -0.1) is 0 Å². The van der Waals surface area contributed by atoms with Crippen molar-refractivity contribution in [3.8, 4) is 11.3 Å². The first-order chi connectivity index (χ1) is 10.6. The van der Waals surface area contributed by atoms with Crippen LogP contribution in [0.15, 0.2) is 65.5 Å². The zero-order chi connectivity index (χ0) is 15.7. The Morgan fingerprint density at radius 1 is 0.955 bits per heavy atom. The standard InChI is InChI=1S/C18H19N3O/c1-13-17(16-11-7-4-8-12-16)20(21(19)18(13)22)14(2)15-9-5-3-6-10-15/h3-12,14H,19H2,1-2H3. The van der Waals surface area contributed by atoms with Gasteiger partial charge < -0.3 is 5.84 Å². The van der Waals surface area contributed by atoms with Gasteiger partial charge in [0.1, 0.15) is 0 Å². The molecule has 2 aromatic carbocycles. The largest absolute Gasteiger partial charge is 0.321 e. The normalized spacial score (nSPS) is 12.3. The van der Waals surface area contributed by atoms with E-state index in [-0.39, 0.29) is 11.6 Å². The quantitative estimate of drug-likeness (QED) is 0.755. The minimum atomic E-state index is -0.165. The van der Waals surface area contributed by atoms with E-state index in [1.807, 2.05) is 79.2 Å². The molecule has 0 saturated heterocycles. The summed E-state index contributed by atoms with van der Waals surface area (Å²) in [5.41, 5.74) is 3.46. The predicted octanol–water partition coefficient (Wildman–Crippen LogP) is 2.95. The average molecular weight is 293 g/mol. The number of nitrogen functional groups attached to an aromatic ring is 1. The van der Waals surface area contributed by atoms with Crippen LogP contribution in [0, 0.1) is 6.92 Å². The molecule has 0 aliphatic rings. The molecule has 112 valence electrons. The van der Waals surface area contributed by atoms with Crippen molar-refractivity contribution in [3.05, 3.63) is 82.1 Å². The Kier molecular flexibility index (Phi) is 3.59. The highest BCUT2D eigenvalue weighted by Crippen LogP contribution is 2.27. The van der Waals surface area contributed by atoms with E-state index < -0.39 is 0 Å². The molecule has 22 heavy (non-hydrogen) atoms. The maximum absolute atomic E-state index is 12.3. The number of aromatic nitrogens is 2. The molecule has 0 amide bonds. The second-order valence-corrected chi connectivity index (χ2v) is 5.42. The lowest BCUT2D eigenvalue weighted by Crippen LogP contribution is -2.32. The molecule has 0 fully saturated rings. The molecule has 3 rings (SSSR count). The van der Waals surface area contributed by atoms with Gasteiger partial charge in [-0.05, 0) is 19.4 Å². The van der Waals surface area contributed by atoms with Gasteiger partial charge in [-0.1, -0.05) is 60.7 Å². The second-order valence-electron chi connectivity index (χ2n) is 5.42. The van der Waals surface area contributed by atoms with Gasteiger partial charge >= 0.3 is 0 Å². The number of nitrogens with two attached hydrogens (primary N) is 1. The van der Waals surface area contributed by atoms with E-state index in [4.69, 9.17) is 5.84 Å². The molecular formula is C18H19N3O. The van der Waals surface area contributed by atoms with Gasteiger partial charge in [0.15, 0.2) is 0 Å². The highest BCUT2D eigenvalue weighted by Gasteiger charge is 2.21. The first-order valence-electron chi connectivity index (χ1n) is 7.31. The summed E-state index contributed by atoms with van der Waals surface area (Å²) in [6.07, 6.45) is 0. The van der Waals surface area contributed by atoms with Crippen LogP contribution >= 0.6 is 0 Å². The van der Waals surface area contributed by atoms with E-state index in [2.05, 4.69) is 0 Å². The van der Waals surface area contributed by atoms with Crippen molar-refractivity contribution in [2.45, 2.75) is 19.9 Å². The smallest absolute Gasteiger partial charge is 0.289 e. The minimum absolute atomic E-state index is 0.0391. The van der Waals surface area contributed by atoms with Gasteiger partial charge in [0.05, 0.1) is 11.7 Å². The van der Waals surface area contributed by atoms with E-state index in [0.29, 0.717) is 5.56 Å². The Labute approximate surface area is 129 Å². The Balaban J connectivity index is 2.24. The van der Waals surface area contributed by atoms with Gasteiger partial charge in [-0.3, -0.25) is 9.48 Å². The molecule has 4 heteroatoms. The fourth-order valence-corrected chi connectivity index (χ4v) is 2.85. The molecule has 1 heterocycles. The van der Waals surface area contributed by atoms with Crippen LogP contribution in [-0.4, -0.2) is 9.47 Å². The van der Waals surface area contributed by atoms with Crippen LogP contribution in [0.3, 0.4) is 0 Å². The summed E-state index contributed by atoms with van der Waals surface area (Å²) in [6.45, 7) is 3.87. The van der Waals surface area contributed by atoms with Crippen LogP contribution < -0.4 is 11.4 Å². The molecule has 0 radical (unpaired) electrons. The Bertz CT molecular complexity index is 832. The summed E-state index contributed by atoms with van der Waals surface area (Å²) in [4.78, 5) is 13.6. The van der Waals surface area contributed by atoms with Crippen molar-refractivity contribution in [2.24, 2.45) is 0 Å². The molecule has 1 unspecified atom stereocenters.